The Hall–Kier alpha value is -1.62. The molecular formula is C14H21N3O2. The maximum atomic E-state index is 12.0. The number of nitrogens with zero attached hydrogens (tertiary/aromatic N) is 2. The molecule has 1 aliphatic heterocycles. The summed E-state index contributed by atoms with van der Waals surface area (Å²) in [7, 11) is 0. The molecule has 1 aromatic heterocycles. The summed E-state index contributed by atoms with van der Waals surface area (Å²) < 4.78 is 0. The van der Waals surface area contributed by atoms with Crippen molar-refractivity contribution in [3.05, 3.63) is 23.9 Å². The summed E-state index contributed by atoms with van der Waals surface area (Å²) in [4.78, 5) is 18.5. The highest BCUT2D eigenvalue weighted by Crippen LogP contribution is 2.17. The zero-order valence-electron chi connectivity index (χ0n) is 11.5. The monoisotopic (exact) mass is 263 g/mol. The van der Waals surface area contributed by atoms with E-state index in [9.17, 15) is 4.79 Å². The highest BCUT2D eigenvalue weighted by Gasteiger charge is 2.20. The van der Waals surface area contributed by atoms with Crippen LogP contribution in [0.15, 0.2) is 18.3 Å². The fourth-order valence-electron chi connectivity index (χ4n) is 2.07. The third-order valence-corrected chi connectivity index (χ3v) is 3.29. The Morgan fingerprint density at radius 3 is 2.63 bits per heavy atom. The first-order valence-electron chi connectivity index (χ1n) is 6.66. The number of anilines is 1. The number of aromatic nitrogens is 1. The molecule has 0 aromatic carbocycles. The van der Waals surface area contributed by atoms with E-state index in [1.807, 2.05) is 6.07 Å². The Morgan fingerprint density at radius 2 is 2.11 bits per heavy atom. The second kappa shape index (κ2) is 5.57. The number of rotatable bonds is 4. The van der Waals surface area contributed by atoms with Crippen molar-refractivity contribution in [2.24, 2.45) is 0 Å². The maximum Gasteiger partial charge on any atom is 0.253 e. The Bertz CT molecular complexity index is 437. The molecule has 2 rings (SSSR count). The van der Waals surface area contributed by atoms with Crippen molar-refractivity contribution in [1.29, 1.82) is 0 Å². The van der Waals surface area contributed by atoms with Crippen molar-refractivity contribution in [3.8, 4) is 0 Å². The topological polar surface area (TPSA) is 65.5 Å². The van der Waals surface area contributed by atoms with Crippen molar-refractivity contribution in [1.82, 2.24) is 10.3 Å². The van der Waals surface area contributed by atoms with Crippen LogP contribution in [-0.4, -0.2) is 41.2 Å². The number of hydrogen-bond acceptors (Lipinski definition) is 4. The van der Waals surface area contributed by atoms with E-state index >= 15 is 0 Å². The van der Waals surface area contributed by atoms with E-state index in [0.29, 0.717) is 5.56 Å². The number of hydrogen-bond donors (Lipinski definition) is 2. The normalized spacial score (nSPS) is 15.6. The van der Waals surface area contributed by atoms with Crippen LogP contribution in [0.25, 0.3) is 0 Å². The quantitative estimate of drug-likeness (QED) is 0.856. The van der Waals surface area contributed by atoms with E-state index < -0.39 is 5.54 Å². The van der Waals surface area contributed by atoms with Gasteiger partial charge < -0.3 is 15.3 Å². The van der Waals surface area contributed by atoms with E-state index in [0.717, 1.165) is 18.9 Å². The number of amides is 1. The van der Waals surface area contributed by atoms with Gasteiger partial charge in [-0.3, -0.25) is 4.79 Å². The van der Waals surface area contributed by atoms with Gasteiger partial charge in [0.1, 0.15) is 5.82 Å². The van der Waals surface area contributed by atoms with Crippen LogP contribution in [0.2, 0.25) is 0 Å². The Labute approximate surface area is 113 Å². The highest BCUT2D eigenvalue weighted by molar-refractivity contribution is 5.94. The van der Waals surface area contributed by atoms with Crippen molar-refractivity contribution >= 4 is 11.7 Å². The molecule has 2 N–H and O–H groups in total. The van der Waals surface area contributed by atoms with Crippen LogP contribution in [0.3, 0.4) is 0 Å². The van der Waals surface area contributed by atoms with Crippen LogP contribution in [-0.2, 0) is 0 Å². The summed E-state index contributed by atoms with van der Waals surface area (Å²) >= 11 is 0. The lowest BCUT2D eigenvalue weighted by atomic mass is 10.1. The summed E-state index contributed by atoms with van der Waals surface area (Å²) in [5.74, 6) is 0.718. The largest absolute Gasteiger partial charge is 0.394 e. The van der Waals surface area contributed by atoms with Gasteiger partial charge in [-0.05, 0) is 38.8 Å². The van der Waals surface area contributed by atoms with Gasteiger partial charge in [-0.1, -0.05) is 0 Å². The van der Waals surface area contributed by atoms with Gasteiger partial charge >= 0.3 is 0 Å². The summed E-state index contributed by atoms with van der Waals surface area (Å²) in [6.07, 6.45) is 4.00. The zero-order valence-corrected chi connectivity index (χ0v) is 11.5. The Kier molecular flexibility index (Phi) is 4.04. The molecule has 5 nitrogen and oxygen atoms in total. The Balaban J connectivity index is 2.03. The molecule has 19 heavy (non-hydrogen) atoms. The number of aliphatic hydroxyl groups excluding tert-OH is 1. The smallest absolute Gasteiger partial charge is 0.253 e. The van der Waals surface area contributed by atoms with Gasteiger partial charge in [-0.15, -0.1) is 0 Å². The van der Waals surface area contributed by atoms with Crippen LogP contribution in [0.5, 0.6) is 0 Å². The molecule has 0 aliphatic carbocycles. The number of carbonyl (C=O) groups excluding carboxylic acids is 1. The summed E-state index contributed by atoms with van der Waals surface area (Å²) in [5, 5.41) is 11.9. The molecule has 0 bridgehead atoms. The van der Waals surface area contributed by atoms with Gasteiger partial charge in [0.05, 0.1) is 17.7 Å². The first-order valence-corrected chi connectivity index (χ1v) is 6.66. The first kappa shape index (κ1) is 13.8. The number of aliphatic hydroxyl groups is 1. The minimum atomic E-state index is -0.620. The zero-order chi connectivity index (χ0) is 13.9. The predicted molar refractivity (Wildman–Crippen MR) is 74.3 cm³/mol. The van der Waals surface area contributed by atoms with Crippen molar-refractivity contribution in [2.75, 3.05) is 24.6 Å². The molecular weight excluding hydrogens is 242 g/mol. The summed E-state index contributed by atoms with van der Waals surface area (Å²) in [6.45, 7) is 5.53. The lowest BCUT2D eigenvalue weighted by Crippen LogP contribution is -2.46. The van der Waals surface area contributed by atoms with E-state index in [2.05, 4.69) is 15.2 Å². The third kappa shape index (κ3) is 3.44. The average molecular weight is 263 g/mol. The lowest BCUT2D eigenvalue weighted by Gasteiger charge is -2.23. The van der Waals surface area contributed by atoms with E-state index in [1.165, 1.54) is 12.8 Å². The van der Waals surface area contributed by atoms with E-state index in [1.54, 1.807) is 26.1 Å². The fourth-order valence-corrected chi connectivity index (χ4v) is 2.07. The average Bonchev–Trinajstić information content (AvgIpc) is 2.92. The van der Waals surface area contributed by atoms with Crippen LogP contribution in [0.1, 0.15) is 37.0 Å². The molecule has 104 valence electrons. The van der Waals surface area contributed by atoms with Gasteiger partial charge in [0.25, 0.3) is 5.91 Å². The third-order valence-electron chi connectivity index (χ3n) is 3.29. The van der Waals surface area contributed by atoms with Gasteiger partial charge in [0.15, 0.2) is 0 Å². The van der Waals surface area contributed by atoms with Crippen LogP contribution < -0.4 is 10.2 Å². The minimum Gasteiger partial charge on any atom is -0.394 e. The van der Waals surface area contributed by atoms with Gasteiger partial charge in [-0.2, -0.15) is 0 Å². The Morgan fingerprint density at radius 1 is 1.42 bits per heavy atom. The molecule has 0 unspecified atom stereocenters. The molecule has 0 spiro atoms. The molecule has 2 heterocycles. The molecule has 0 atom stereocenters. The van der Waals surface area contributed by atoms with Gasteiger partial charge in [0, 0.05) is 19.3 Å². The minimum absolute atomic E-state index is 0.0992. The number of carbonyl (C=O) groups is 1. The molecule has 0 saturated carbocycles. The predicted octanol–water partition coefficient (Wildman–Crippen LogP) is 1.18. The maximum absolute atomic E-state index is 12.0. The van der Waals surface area contributed by atoms with E-state index in [4.69, 9.17) is 5.11 Å². The number of pyridine rings is 1. The van der Waals surface area contributed by atoms with Gasteiger partial charge in [-0.25, -0.2) is 4.98 Å². The lowest BCUT2D eigenvalue weighted by molar-refractivity contribution is 0.0869. The van der Waals surface area contributed by atoms with Gasteiger partial charge in [0.2, 0.25) is 0 Å². The van der Waals surface area contributed by atoms with E-state index in [-0.39, 0.29) is 12.5 Å². The highest BCUT2D eigenvalue weighted by atomic mass is 16.3. The summed E-state index contributed by atoms with van der Waals surface area (Å²) in [6, 6.07) is 3.66. The van der Waals surface area contributed by atoms with Crippen LogP contribution >= 0.6 is 0 Å². The van der Waals surface area contributed by atoms with Crippen molar-refractivity contribution < 1.29 is 9.90 Å². The standard InChI is InChI=1S/C14H21N3O2/c1-14(2,10-18)16-13(19)11-5-6-12(15-9-11)17-7-3-4-8-17/h5-6,9,18H,3-4,7-8,10H2,1-2H3,(H,16,19). The van der Waals surface area contributed by atoms with Crippen LogP contribution in [0.4, 0.5) is 5.82 Å². The van der Waals surface area contributed by atoms with Crippen LogP contribution in [0, 0.1) is 0 Å². The molecule has 1 saturated heterocycles. The SMILES string of the molecule is CC(C)(CO)NC(=O)c1ccc(N2CCCC2)nc1. The second-order valence-corrected chi connectivity index (χ2v) is 5.60. The van der Waals surface area contributed by atoms with Crippen molar-refractivity contribution in [3.63, 3.8) is 0 Å². The molecule has 0 radical (unpaired) electrons. The fraction of sp³-hybridized carbons (Fsp3) is 0.571. The van der Waals surface area contributed by atoms with Crippen molar-refractivity contribution in [2.45, 2.75) is 32.2 Å². The first-order chi connectivity index (χ1) is 9.02. The molecule has 1 aromatic rings. The molecule has 1 amide bonds. The molecule has 1 aliphatic rings. The summed E-state index contributed by atoms with van der Waals surface area (Å²) in [5.41, 5.74) is -0.102. The number of nitrogens with one attached hydrogen (secondary N) is 1. The second-order valence-electron chi connectivity index (χ2n) is 5.60. The molecule has 1 fully saturated rings. The molecule has 5 heteroatoms.